The molecule has 1 amide bonds. The van der Waals surface area contributed by atoms with Crippen molar-refractivity contribution in [3.05, 3.63) is 30.1 Å². The number of nitrogens with zero attached hydrogens (tertiary/aromatic N) is 2. The summed E-state index contributed by atoms with van der Waals surface area (Å²) in [5.41, 5.74) is 7.29. The van der Waals surface area contributed by atoms with Crippen molar-refractivity contribution in [2.75, 3.05) is 5.32 Å². The van der Waals surface area contributed by atoms with Crippen LogP contribution < -0.4 is 11.1 Å². The Morgan fingerprint density at radius 2 is 1.88 bits per heavy atom. The normalized spacial score (nSPS) is 31.3. The highest BCUT2D eigenvalue weighted by Gasteiger charge is 2.67. The van der Waals surface area contributed by atoms with Crippen molar-refractivity contribution < 1.29 is 4.79 Å². The molecule has 0 saturated heterocycles. The molecule has 0 aliphatic heterocycles. The van der Waals surface area contributed by atoms with Crippen LogP contribution in [0, 0.1) is 29.6 Å². The molecule has 0 spiro atoms. The Balaban J connectivity index is 0.00000157. The summed E-state index contributed by atoms with van der Waals surface area (Å²) in [5, 5.41) is 10.0. The molecule has 6 nitrogen and oxygen atoms in total. The van der Waals surface area contributed by atoms with Gasteiger partial charge in [-0.15, -0.1) is 12.4 Å². The Morgan fingerprint density at radius 3 is 2.48 bits per heavy atom. The lowest BCUT2D eigenvalue weighted by Crippen LogP contribution is -2.18. The van der Waals surface area contributed by atoms with Crippen molar-refractivity contribution in [3.63, 3.8) is 0 Å². The molecule has 2 aromatic rings. The molecule has 3 fully saturated rings. The van der Waals surface area contributed by atoms with E-state index in [1.807, 2.05) is 24.3 Å². The van der Waals surface area contributed by atoms with E-state index < -0.39 is 0 Å². The van der Waals surface area contributed by atoms with E-state index in [-0.39, 0.29) is 24.2 Å². The van der Waals surface area contributed by atoms with Crippen LogP contribution in [0.25, 0.3) is 11.4 Å². The van der Waals surface area contributed by atoms with Gasteiger partial charge in [-0.2, -0.15) is 5.10 Å². The standard InChI is InChI=1S/C18H21N5O.ClH/c19-8-13-21-17(23-22-13)9-3-5-12(6-4-9)20-18(24)16-14-10-1-2-11(7-10)15(14)16;/h3-6,10-11,14-16H,1-2,7-8,19H2,(H,20,24)(H,21,22,23);1H. The van der Waals surface area contributed by atoms with Gasteiger partial charge in [-0.05, 0) is 67.2 Å². The second-order valence-electron chi connectivity index (χ2n) is 7.39. The van der Waals surface area contributed by atoms with E-state index in [0.29, 0.717) is 30.0 Å². The van der Waals surface area contributed by atoms with E-state index in [4.69, 9.17) is 5.73 Å². The number of halogens is 1. The van der Waals surface area contributed by atoms with Gasteiger partial charge in [0.15, 0.2) is 5.82 Å². The third kappa shape index (κ3) is 2.64. The topological polar surface area (TPSA) is 96.7 Å². The molecule has 3 saturated carbocycles. The molecule has 5 rings (SSSR count). The van der Waals surface area contributed by atoms with Gasteiger partial charge in [-0.25, -0.2) is 4.98 Å². The second kappa shape index (κ2) is 6.11. The molecule has 3 aliphatic rings. The van der Waals surface area contributed by atoms with Crippen molar-refractivity contribution in [2.24, 2.45) is 35.3 Å². The fraction of sp³-hybridized carbons (Fsp3) is 0.500. The van der Waals surface area contributed by atoms with Crippen LogP contribution in [0.5, 0.6) is 0 Å². The zero-order valence-corrected chi connectivity index (χ0v) is 14.6. The Hall–Kier alpha value is -1.92. The maximum Gasteiger partial charge on any atom is 0.228 e. The minimum Gasteiger partial charge on any atom is -0.326 e. The van der Waals surface area contributed by atoms with E-state index in [1.54, 1.807) is 0 Å². The molecule has 2 bridgehead atoms. The number of H-pyrrole nitrogens is 1. The number of nitrogens with two attached hydrogens (primary N) is 1. The minimum absolute atomic E-state index is 0. The van der Waals surface area contributed by atoms with Crippen LogP contribution in [-0.4, -0.2) is 21.1 Å². The summed E-state index contributed by atoms with van der Waals surface area (Å²) in [6, 6.07) is 7.68. The fourth-order valence-corrected chi connectivity index (χ4v) is 5.12. The van der Waals surface area contributed by atoms with Gasteiger partial charge in [-0.3, -0.25) is 9.89 Å². The van der Waals surface area contributed by atoms with Crippen LogP contribution in [0.15, 0.2) is 24.3 Å². The average Bonchev–Trinajstić information content (AvgIpc) is 2.98. The largest absolute Gasteiger partial charge is 0.326 e. The summed E-state index contributed by atoms with van der Waals surface area (Å²) in [7, 11) is 0. The van der Waals surface area contributed by atoms with Gasteiger partial charge in [-0.1, -0.05) is 0 Å². The van der Waals surface area contributed by atoms with E-state index >= 15 is 0 Å². The lowest BCUT2D eigenvalue weighted by molar-refractivity contribution is -0.118. The monoisotopic (exact) mass is 359 g/mol. The van der Waals surface area contributed by atoms with Crippen LogP contribution in [0.1, 0.15) is 25.1 Å². The molecule has 1 heterocycles. The molecule has 132 valence electrons. The number of hydrogen-bond donors (Lipinski definition) is 3. The number of carbonyl (C=O) groups is 1. The molecule has 4 unspecified atom stereocenters. The predicted octanol–water partition coefficient (Wildman–Crippen LogP) is 2.58. The summed E-state index contributed by atoms with van der Waals surface area (Å²) in [4.78, 5) is 16.9. The predicted molar refractivity (Wildman–Crippen MR) is 96.9 cm³/mol. The Morgan fingerprint density at radius 1 is 1.20 bits per heavy atom. The number of carbonyl (C=O) groups excluding carboxylic acids is 1. The van der Waals surface area contributed by atoms with Crippen molar-refractivity contribution in [1.82, 2.24) is 15.2 Å². The second-order valence-corrected chi connectivity index (χ2v) is 7.39. The molecule has 25 heavy (non-hydrogen) atoms. The fourth-order valence-electron chi connectivity index (χ4n) is 5.12. The molecule has 1 aromatic heterocycles. The van der Waals surface area contributed by atoms with Crippen LogP contribution in [-0.2, 0) is 11.3 Å². The first-order valence-corrected chi connectivity index (χ1v) is 8.77. The summed E-state index contributed by atoms with van der Waals surface area (Å²) in [6.45, 7) is 0.340. The van der Waals surface area contributed by atoms with Crippen molar-refractivity contribution in [2.45, 2.75) is 25.8 Å². The number of amides is 1. The maximum absolute atomic E-state index is 12.5. The number of rotatable bonds is 4. The number of benzene rings is 1. The smallest absolute Gasteiger partial charge is 0.228 e. The van der Waals surface area contributed by atoms with Crippen molar-refractivity contribution in [1.29, 1.82) is 0 Å². The molecule has 3 aliphatic carbocycles. The molecule has 0 radical (unpaired) electrons. The van der Waals surface area contributed by atoms with E-state index in [1.165, 1.54) is 19.3 Å². The minimum atomic E-state index is 0. The Kier molecular flexibility index (Phi) is 4.04. The maximum atomic E-state index is 12.5. The first-order chi connectivity index (χ1) is 11.7. The summed E-state index contributed by atoms with van der Waals surface area (Å²) in [6.07, 6.45) is 4.05. The van der Waals surface area contributed by atoms with Gasteiger partial charge in [0.05, 0.1) is 6.54 Å². The zero-order chi connectivity index (χ0) is 16.3. The first kappa shape index (κ1) is 16.5. The van der Waals surface area contributed by atoms with Crippen LogP contribution >= 0.6 is 12.4 Å². The number of aromatic amines is 1. The molecule has 7 heteroatoms. The van der Waals surface area contributed by atoms with Gasteiger partial charge >= 0.3 is 0 Å². The highest BCUT2D eigenvalue weighted by molar-refractivity contribution is 5.95. The number of nitrogens with one attached hydrogen (secondary N) is 2. The van der Waals surface area contributed by atoms with E-state index in [0.717, 1.165) is 23.1 Å². The quantitative estimate of drug-likeness (QED) is 0.781. The van der Waals surface area contributed by atoms with Crippen molar-refractivity contribution in [3.8, 4) is 11.4 Å². The van der Waals surface area contributed by atoms with E-state index in [9.17, 15) is 4.79 Å². The SMILES string of the molecule is Cl.NCc1nc(-c2ccc(NC(=O)C3C4C5CCC(C5)C34)cc2)n[nH]1. The molecular formula is C18H22ClN5O. The van der Waals surface area contributed by atoms with Crippen molar-refractivity contribution >= 4 is 24.0 Å². The lowest BCUT2D eigenvalue weighted by atomic mass is 10.0. The van der Waals surface area contributed by atoms with Gasteiger partial charge in [0.2, 0.25) is 5.91 Å². The van der Waals surface area contributed by atoms with Gasteiger partial charge in [0.1, 0.15) is 5.82 Å². The zero-order valence-electron chi connectivity index (χ0n) is 13.8. The first-order valence-electron chi connectivity index (χ1n) is 8.77. The summed E-state index contributed by atoms with van der Waals surface area (Å²) >= 11 is 0. The Bertz CT molecular complexity index is 773. The number of aromatic nitrogens is 3. The van der Waals surface area contributed by atoms with Gasteiger partial charge in [0, 0.05) is 17.2 Å². The van der Waals surface area contributed by atoms with Crippen LogP contribution in [0.2, 0.25) is 0 Å². The summed E-state index contributed by atoms with van der Waals surface area (Å²) < 4.78 is 0. The number of hydrogen-bond acceptors (Lipinski definition) is 4. The third-order valence-corrected chi connectivity index (χ3v) is 6.17. The van der Waals surface area contributed by atoms with E-state index in [2.05, 4.69) is 20.5 Å². The summed E-state index contributed by atoms with van der Waals surface area (Å²) in [5.74, 6) is 4.74. The lowest BCUT2D eigenvalue weighted by Gasteiger charge is -2.10. The van der Waals surface area contributed by atoms with Gasteiger partial charge < -0.3 is 11.1 Å². The molecular weight excluding hydrogens is 338 g/mol. The Labute approximate surface area is 152 Å². The molecule has 4 N–H and O–H groups in total. The molecule has 1 aromatic carbocycles. The van der Waals surface area contributed by atoms with Crippen LogP contribution in [0.4, 0.5) is 5.69 Å². The number of anilines is 1. The highest BCUT2D eigenvalue weighted by Crippen LogP contribution is 2.69. The third-order valence-electron chi connectivity index (χ3n) is 6.17. The number of fused-ring (bicyclic) bond motifs is 5. The highest BCUT2D eigenvalue weighted by atomic mass is 35.5. The van der Waals surface area contributed by atoms with Gasteiger partial charge in [0.25, 0.3) is 0 Å². The average molecular weight is 360 g/mol. The van der Waals surface area contributed by atoms with Crippen LogP contribution in [0.3, 0.4) is 0 Å². The molecule has 4 atom stereocenters.